The molecule has 2 heterocycles. The molecule has 0 spiro atoms. The summed E-state index contributed by atoms with van der Waals surface area (Å²) < 4.78 is 10.1. The summed E-state index contributed by atoms with van der Waals surface area (Å²) in [6.45, 7) is 4.53. The van der Waals surface area contributed by atoms with Gasteiger partial charge in [-0.15, -0.1) is 0 Å². The molecule has 1 aromatic carbocycles. The van der Waals surface area contributed by atoms with Gasteiger partial charge >= 0.3 is 6.03 Å². The molecule has 2 amide bonds. The van der Waals surface area contributed by atoms with Gasteiger partial charge in [0.2, 0.25) is 0 Å². The molecule has 0 saturated carbocycles. The van der Waals surface area contributed by atoms with Crippen molar-refractivity contribution in [3.63, 3.8) is 0 Å². The first-order valence-corrected chi connectivity index (χ1v) is 8.48. The second-order valence-corrected chi connectivity index (χ2v) is 6.30. The highest BCUT2D eigenvalue weighted by Gasteiger charge is 2.16. The van der Waals surface area contributed by atoms with E-state index in [0.29, 0.717) is 6.54 Å². The summed E-state index contributed by atoms with van der Waals surface area (Å²) in [6.07, 6.45) is 0.840. The zero-order valence-corrected chi connectivity index (χ0v) is 15.0. The van der Waals surface area contributed by atoms with Crippen LogP contribution in [0.5, 0.6) is 0 Å². The van der Waals surface area contributed by atoms with Gasteiger partial charge in [-0.3, -0.25) is 10.00 Å². The molecule has 0 atom stereocenters. The maximum atomic E-state index is 12.5. The highest BCUT2D eigenvalue weighted by Crippen LogP contribution is 2.19. The van der Waals surface area contributed by atoms with Crippen molar-refractivity contribution in [2.45, 2.75) is 26.8 Å². The van der Waals surface area contributed by atoms with Crippen LogP contribution in [0.1, 0.15) is 23.7 Å². The van der Waals surface area contributed by atoms with Crippen LogP contribution >= 0.6 is 11.7 Å². The van der Waals surface area contributed by atoms with Crippen molar-refractivity contribution < 1.29 is 4.79 Å². The second-order valence-electron chi connectivity index (χ2n) is 5.77. The summed E-state index contributed by atoms with van der Waals surface area (Å²) in [4.78, 5) is 14.1. The topological polar surface area (TPSA) is 75.9 Å². The van der Waals surface area contributed by atoms with Gasteiger partial charge in [-0.05, 0) is 31.0 Å². The van der Waals surface area contributed by atoms with E-state index in [1.165, 1.54) is 11.7 Å². The molecule has 0 bridgehead atoms. The summed E-state index contributed by atoms with van der Waals surface area (Å²) in [5, 5.41) is 7.37. The number of hydrogen-bond donors (Lipinski definition) is 1. The number of anilines is 1. The van der Waals surface area contributed by atoms with Gasteiger partial charge in [-0.25, -0.2) is 4.79 Å². The van der Waals surface area contributed by atoms with Crippen LogP contribution in [0.3, 0.4) is 0 Å². The first-order valence-electron chi connectivity index (χ1n) is 7.75. The molecule has 0 aliphatic heterocycles. The Hall–Kier alpha value is -2.48. The molecule has 0 radical (unpaired) electrons. The fourth-order valence-electron chi connectivity index (χ4n) is 2.66. The van der Waals surface area contributed by atoms with Gasteiger partial charge < -0.3 is 4.90 Å². The number of nitrogens with zero attached hydrogens (tertiary/aromatic N) is 5. The summed E-state index contributed by atoms with van der Waals surface area (Å²) in [7, 11) is 3.61. The van der Waals surface area contributed by atoms with Crippen LogP contribution in [0.2, 0.25) is 0 Å². The third-order valence-corrected chi connectivity index (χ3v) is 4.58. The molecule has 3 rings (SSSR count). The molecular weight excluding hydrogens is 324 g/mol. The average Bonchev–Trinajstić information content (AvgIpc) is 3.13. The van der Waals surface area contributed by atoms with Crippen molar-refractivity contribution in [1.29, 1.82) is 0 Å². The number of carbonyl (C=O) groups is 1. The summed E-state index contributed by atoms with van der Waals surface area (Å²) in [6, 6.07) is 5.70. The van der Waals surface area contributed by atoms with E-state index >= 15 is 0 Å². The van der Waals surface area contributed by atoms with Crippen LogP contribution in [-0.2, 0) is 20.0 Å². The first kappa shape index (κ1) is 16.4. The number of urea groups is 1. The smallest absolute Gasteiger partial charge is 0.323 e. The van der Waals surface area contributed by atoms with Gasteiger partial charge in [0.25, 0.3) is 0 Å². The highest BCUT2D eigenvalue weighted by atomic mass is 32.1. The van der Waals surface area contributed by atoms with E-state index in [0.717, 1.165) is 40.1 Å². The number of carbonyl (C=O) groups excluding carboxylic acids is 1. The van der Waals surface area contributed by atoms with Gasteiger partial charge in [0.15, 0.2) is 0 Å². The normalized spacial score (nSPS) is 11.0. The van der Waals surface area contributed by atoms with Gasteiger partial charge in [-0.2, -0.15) is 13.8 Å². The fraction of sp³-hybridized carbons (Fsp3) is 0.375. The molecule has 0 saturated heterocycles. The molecule has 7 nitrogen and oxygen atoms in total. The zero-order valence-electron chi connectivity index (χ0n) is 14.2. The van der Waals surface area contributed by atoms with Crippen LogP contribution in [0.4, 0.5) is 10.6 Å². The standard InChI is InChI=1S/C16H20N6OS/c1-5-12-10(2)15(22(4)18-12)17-16(23)21(3)9-11-6-7-13-14(8-11)20-24-19-13/h6-8H,5,9H2,1-4H3,(H,17,23). The number of fused-ring (bicyclic) bond motifs is 1. The van der Waals surface area contributed by atoms with Crippen molar-refractivity contribution in [3.8, 4) is 0 Å². The lowest BCUT2D eigenvalue weighted by Gasteiger charge is -2.18. The van der Waals surface area contributed by atoms with E-state index in [1.54, 1.807) is 16.6 Å². The van der Waals surface area contributed by atoms with Crippen molar-refractivity contribution in [2.75, 3.05) is 12.4 Å². The number of aryl methyl sites for hydroxylation is 2. The number of rotatable bonds is 4. The largest absolute Gasteiger partial charge is 0.323 e. The Balaban J connectivity index is 1.71. The van der Waals surface area contributed by atoms with Crippen LogP contribution < -0.4 is 5.32 Å². The monoisotopic (exact) mass is 344 g/mol. The maximum absolute atomic E-state index is 12.5. The number of hydrogen-bond acceptors (Lipinski definition) is 5. The van der Waals surface area contributed by atoms with Crippen molar-refractivity contribution in [1.82, 2.24) is 23.4 Å². The Morgan fingerprint density at radius 1 is 1.33 bits per heavy atom. The summed E-state index contributed by atoms with van der Waals surface area (Å²) >= 11 is 1.19. The number of benzene rings is 1. The van der Waals surface area contributed by atoms with E-state index in [4.69, 9.17) is 0 Å². The van der Waals surface area contributed by atoms with Crippen molar-refractivity contribution >= 4 is 34.6 Å². The Kier molecular flexibility index (Phi) is 4.48. The predicted molar refractivity (Wildman–Crippen MR) is 95.2 cm³/mol. The molecule has 126 valence electrons. The minimum absolute atomic E-state index is 0.166. The number of amides is 2. The fourth-order valence-corrected chi connectivity index (χ4v) is 3.18. The third kappa shape index (κ3) is 3.09. The van der Waals surface area contributed by atoms with E-state index in [2.05, 4.69) is 26.1 Å². The van der Waals surface area contributed by atoms with E-state index in [1.807, 2.05) is 32.2 Å². The molecule has 0 aliphatic rings. The van der Waals surface area contributed by atoms with Gasteiger partial charge in [0.05, 0.1) is 17.4 Å². The average molecular weight is 344 g/mol. The predicted octanol–water partition coefficient (Wildman–Crippen LogP) is 2.96. The van der Waals surface area contributed by atoms with Gasteiger partial charge in [0, 0.05) is 26.2 Å². The molecule has 0 unspecified atom stereocenters. The molecule has 2 aromatic heterocycles. The summed E-state index contributed by atoms with van der Waals surface area (Å²) in [5.41, 5.74) is 4.77. The lowest BCUT2D eigenvalue weighted by molar-refractivity contribution is 0.220. The first-order chi connectivity index (χ1) is 11.5. The Morgan fingerprint density at radius 2 is 2.08 bits per heavy atom. The van der Waals surface area contributed by atoms with Crippen molar-refractivity contribution in [3.05, 3.63) is 35.0 Å². The van der Waals surface area contributed by atoms with Gasteiger partial charge in [0.1, 0.15) is 16.9 Å². The lowest BCUT2D eigenvalue weighted by atomic mass is 10.2. The quantitative estimate of drug-likeness (QED) is 0.789. The van der Waals surface area contributed by atoms with E-state index in [-0.39, 0.29) is 6.03 Å². The second kappa shape index (κ2) is 6.56. The Bertz CT molecular complexity index is 884. The molecule has 8 heteroatoms. The molecule has 3 aromatic rings. The van der Waals surface area contributed by atoms with E-state index in [9.17, 15) is 4.79 Å². The molecule has 24 heavy (non-hydrogen) atoms. The molecule has 1 N–H and O–H groups in total. The number of aromatic nitrogens is 4. The van der Waals surface area contributed by atoms with Crippen LogP contribution in [0.25, 0.3) is 11.0 Å². The molecular formula is C16H20N6OS. The zero-order chi connectivity index (χ0) is 17.3. The SMILES string of the molecule is CCc1nn(C)c(NC(=O)N(C)Cc2ccc3nsnc3c2)c1C. The minimum Gasteiger partial charge on any atom is -0.323 e. The van der Waals surface area contributed by atoms with Crippen molar-refractivity contribution in [2.24, 2.45) is 7.05 Å². The molecule has 0 fully saturated rings. The third-order valence-electron chi connectivity index (χ3n) is 4.03. The maximum Gasteiger partial charge on any atom is 0.323 e. The van der Waals surface area contributed by atoms with Crippen LogP contribution in [0, 0.1) is 6.92 Å². The minimum atomic E-state index is -0.166. The highest BCUT2D eigenvalue weighted by molar-refractivity contribution is 7.00. The molecule has 0 aliphatic carbocycles. The van der Waals surface area contributed by atoms with Gasteiger partial charge in [-0.1, -0.05) is 13.0 Å². The van der Waals surface area contributed by atoms with Crippen LogP contribution in [0.15, 0.2) is 18.2 Å². The lowest BCUT2D eigenvalue weighted by Crippen LogP contribution is -2.31. The Labute approximate surface area is 144 Å². The summed E-state index contributed by atoms with van der Waals surface area (Å²) in [5.74, 6) is 0.739. The van der Waals surface area contributed by atoms with Crippen LogP contribution in [-0.4, -0.2) is 36.5 Å². The number of nitrogens with one attached hydrogen (secondary N) is 1. The Morgan fingerprint density at radius 3 is 2.79 bits per heavy atom. The van der Waals surface area contributed by atoms with E-state index < -0.39 is 0 Å².